The second-order valence-corrected chi connectivity index (χ2v) is 8.32. The van der Waals surface area contributed by atoms with E-state index in [9.17, 15) is 18.0 Å². The molecule has 0 aromatic heterocycles. The van der Waals surface area contributed by atoms with Gasteiger partial charge in [0.15, 0.2) is 16.4 Å². The number of sulfone groups is 1. The number of rotatable bonds is 4. The molecule has 132 valence electrons. The number of hydrogen-bond acceptors (Lipinski definition) is 5. The smallest absolute Gasteiger partial charge is 0.338 e. The quantitative estimate of drug-likeness (QED) is 0.774. The van der Waals surface area contributed by atoms with E-state index in [4.69, 9.17) is 4.74 Å². The SMILES string of the molecule is C[C@@H]1CCC[C@@H](C)N1C(=O)COC(=O)c1cccc(S(C)(=O)=O)c1. The molecule has 0 aliphatic carbocycles. The molecule has 0 radical (unpaired) electrons. The van der Waals surface area contributed by atoms with E-state index in [0.717, 1.165) is 25.5 Å². The molecular formula is C17H23NO5S. The van der Waals surface area contributed by atoms with Gasteiger partial charge in [-0.15, -0.1) is 0 Å². The molecule has 2 rings (SSSR count). The van der Waals surface area contributed by atoms with Gasteiger partial charge in [0.1, 0.15) is 0 Å². The lowest BCUT2D eigenvalue weighted by molar-refractivity contribution is -0.140. The summed E-state index contributed by atoms with van der Waals surface area (Å²) in [5.74, 6) is -0.923. The molecule has 1 aliphatic heterocycles. The molecule has 1 aromatic carbocycles. The van der Waals surface area contributed by atoms with Gasteiger partial charge in [-0.25, -0.2) is 13.2 Å². The van der Waals surface area contributed by atoms with Gasteiger partial charge in [-0.3, -0.25) is 4.79 Å². The number of carbonyl (C=O) groups excluding carboxylic acids is 2. The van der Waals surface area contributed by atoms with Gasteiger partial charge in [0.25, 0.3) is 5.91 Å². The maximum Gasteiger partial charge on any atom is 0.338 e. The van der Waals surface area contributed by atoms with E-state index in [1.807, 2.05) is 13.8 Å². The van der Waals surface area contributed by atoms with Crippen LogP contribution in [0.5, 0.6) is 0 Å². The normalized spacial score (nSPS) is 21.4. The van der Waals surface area contributed by atoms with Crippen LogP contribution in [0.25, 0.3) is 0 Å². The van der Waals surface area contributed by atoms with Crippen LogP contribution in [0.3, 0.4) is 0 Å². The van der Waals surface area contributed by atoms with E-state index in [-0.39, 0.29) is 35.1 Å². The molecule has 0 bridgehead atoms. The van der Waals surface area contributed by atoms with Crippen molar-refractivity contribution < 1.29 is 22.7 Å². The van der Waals surface area contributed by atoms with Gasteiger partial charge in [-0.2, -0.15) is 0 Å². The number of piperidine rings is 1. The predicted octanol–water partition coefficient (Wildman–Crippen LogP) is 2.04. The minimum absolute atomic E-state index is 0.0431. The molecule has 1 aromatic rings. The fourth-order valence-electron chi connectivity index (χ4n) is 3.05. The van der Waals surface area contributed by atoms with Crippen molar-refractivity contribution in [2.45, 2.75) is 50.1 Å². The van der Waals surface area contributed by atoms with E-state index in [1.165, 1.54) is 24.3 Å². The first-order valence-corrected chi connectivity index (χ1v) is 9.87. The van der Waals surface area contributed by atoms with Crippen molar-refractivity contribution in [2.24, 2.45) is 0 Å². The number of likely N-dealkylation sites (tertiary alicyclic amines) is 1. The zero-order valence-electron chi connectivity index (χ0n) is 14.2. The summed E-state index contributed by atoms with van der Waals surface area (Å²) in [7, 11) is -3.40. The van der Waals surface area contributed by atoms with Crippen LogP contribution >= 0.6 is 0 Å². The zero-order chi connectivity index (χ0) is 17.9. The fourth-order valence-corrected chi connectivity index (χ4v) is 3.72. The average molecular weight is 353 g/mol. The van der Waals surface area contributed by atoms with Crippen molar-refractivity contribution in [3.8, 4) is 0 Å². The number of nitrogens with zero attached hydrogens (tertiary/aromatic N) is 1. The van der Waals surface area contributed by atoms with Crippen LogP contribution in [0.2, 0.25) is 0 Å². The molecule has 7 heteroatoms. The minimum atomic E-state index is -3.40. The molecule has 0 spiro atoms. The average Bonchev–Trinajstić information content (AvgIpc) is 2.51. The monoisotopic (exact) mass is 353 g/mol. The van der Waals surface area contributed by atoms with Gasteiger partial charge >= 0.3 is 5.97 Å². The lowest BCUT2D eigenvalue weighted by Gasteiger charge is -2.38. The van der Waals surface area contributed by atoms with E-state index in [0.29, 0.717) is 0 Å². The number of esters is 1. The lowest BCUT2D eigenvalue weighted by atomic mass is 9.97. The van der Waals surface area contributed by atoms with E-state index < -0.39 is 15.8 Å². The molecule has 0 unspecified atom stereocenters. The number of benzene rings is 1. The van der Waals surface area contributed by atoms with Gasteiger partial charge in [0.05, 0.1) is 10.5 Å². The first kappa shape index (κ1) is 18.4. The van der Waals surface area contributed by atoms with Crippen molar-refractivity contribution in [1.82, 2.24) is 4.90 Å². The molecule has 0 N–H and O–H groups in total. The molecule has 1 aliphatic rings. The molecule has 1 amide bonds. The summed E-state index contributed by atoms with van der Waals surface area (Å²) in [6, 6.07) is 5.88. The first-order chi connectivity index (χ1) is 11.2. The van der Waals surface area contributed by atoms with Crippen molar-refractivity contribution in [3.05, 3.63) is 29.8 Å². The summed E-state index contributed by atoms with van der Waals surface area (Å²) in [6.07, 6.45) is 4.05. The Bertz CT molecular complexity index is 718. The van der Waals surface area contributed by atoms with Crippen LogP contribution in [-0.2, 0) is 19.4 Å². The molecular weight excluding hydrogens is 330 g/mol. The molecule has 1 saturated heterocycles. The summed E-state index contributed by atoms with van der Waals surface area (Å²) in [4.78, 5) is 26.2. The van der Waals surface area contributed by atoms with E-state index >= 15 is 0 Å². The van der Waals surface area contributed by atoms with Gasteiger partial charge in [-0.1, -0.05) is 6.07 Å². The summed E-state index contributed by atoms with van der Waals surface area (Å²) >= 11 is 0. The molecule has 2 atom stereocenters. The van der Waals surface area contributed by atoms with Crippen molar-refractivity contribution in [2.75, 3.05) is 12.9 Å². The lowest BCUT2D eigenvalue weighted by Crippen LogP contribution is -2.49. The molecule has 6 nitrogen and oxygen atoms in total. The summed E-state index contributed by atoms with van der Waals surface area (Å²) < 4.78 is 28.2. The first-order valence-electron chi connectivity index (χ1n) is 7.98. The standard InChI is InChI=1S/C17H23NO5S/c1-12-6-4-7-13(2)18(12)16(19)11-23-17(20)14-8-5-9-15(10-14)24(3,21)22/h5,8-10,12-13H,4,6-7,11H2,1-3H3/t12-,13-/m1/s1. The van der Waals surface area contributed by atoms with Crippen LogP contribution in [0.1, 0.15) is 43.5 Å². The highest BCUT2D eigenvalue weighted by molar-refractivity contribution is 7.90. The Morgan fingerprint density at radius 3 is 2.42 bits per heavy atom. The Morgan fingerprint density at radius 1 is 1.21 bits per heavy atom. The van der Waals surface area contributed by atoms with Gasteiger partial charge in [0.2, 0.25) is 0 Å². The second kappa shape index (κ2) is 7.34. The van der Waals surface area contributed by atoms with Gasteiger partial charge < -0.3 is 9.64 Å². The van der Waals surface area contributed by atoms with Gasteiger partial charge in [-0.05, 0) is 51.3 Å². The Hall–Kier alpha value is -1.89. The zero-order valence-corrected chi connectivity index (χ0v) is 15.0. The maximum atomic E-state index is 12.3. The third-order valence-electron chi connectivity index (χ3n) is 4.31. The highest BCUT2D eigenvalue weighted by Gasteiger charge is 2.29. The Labute approximate surface area is 142 Å². The molecule has 1 fully saturated rings. The van der Waals surface area contributed by atoms with Crippen LogP contribution in [0.4, 0.5) is 0 Å². The topological polar surface area (TPSA) is 80.8 Å². The summed E-state index contributed by atoms with van der Waals surface area (Å²) in [5, 5.41) is 0. The number of amides is 1. The molecule has 1 heterocycles. The fraction of sp³-hybridized carbons (Fsp3) is 0.529. The maximum absolute atomic E-state index is 12.3. The number of carbonyl (C=O) groups is 2. The summed E-state index contributed by atoms with van der Waals surface area (Å²) in [5.41, 5.74) is 0.116. The van der Waals surface area contributed by atoms with E-state index in [2.05, 4.69) is 0 Å². The third kappa shape index (κ3) is 4.35. The predicted molar refractivity (Wildman–Crippen MR) is 89.5 cm³/mol. The minimum Gasteiger partial charge on any atom is -0.452 e. The number of ether oxygens (including phenoxy) is 1. The summed E-state index contributed by atoms with van der Waals surface area (Å²) in [6.45, 7) is 3.65. The van der Waals surface area contributed by atoms with E-state index in [1.54, 1.807) is 4.90 Å². The highest BCUT2D eigenvalue weighted by Crippen LogP contribution is 2.22. The van der Waals surface area contributed by atoms with Crippen LogP contribution in [-0.4, -0.2) is 50.1 Å². The third-order valence-corrected chi connectivity index (χ3v) is 5.42. The van der Waals surface area contributed by atoms with Crippen LogP contribution < -0.4 is 0 Å². The second-order valence-electron chi connectivity index (χ2n) is 6.31. The van der Waals surface area contributed by atoms with Crippen molar-refractivity contribution in [3.63, 3.8) is 0 Å². The number of hydrogen-bond donors (Lipinski definition) is 0. The van der Waals surface area contributed by atoms with Gasteiger partial charge in [0, 0.05) is 18.3 Å². The van der Waals surface area contributed by atoms with Crippen molar-refractivity contribution >= 4 is 21.7 Å². The van der Waals surface area contributed by atoms with Crippen LogP contribution in [0.15, 0.2) is 29.2 Å². The largest absolute Gasteiger partial charge is 0.452 e. The Balaban J connectivity index is 2.01. The molecule has 0 saturated carbocycles. The van der Waals surface area contributed by atoms with Crippen molar-refractivity contribution in [1.29, 1.82) is 0 Å². The Kier molecular flexibility index (Phi) is 5.64. The highest BCUT2D eigenvalue weighted by atomic mass is 32.2. The Morgan fingerprint density at radius 2 is 1.83 bits per heavy atom. The van der Waals surface area contributed by atoms with Crippen LogP contribution in [0, 0.1) is 0 Å². The molecule has 24 heavy (non-hydrogen) atoms.